The van der Waals surface area contributed by atoms with Crippen LogP contribution >= 0.6 is 0 Å². The van der Waals surface area contributed by atoms with Gasteiger partial charge in [-0.15, -0.1) is 0 Å². The Morgan fingerprint density at radius 3 is 2.84 bits per heavy atom. The lowest BCUT2D eigenvalue weighted by atomic mass is 9.90. The molecule has 1 fully saturated rings. The first-order valence-electron chi connectivity index (χ1n) is 6.79. The number of nitrogens with one attached hydrogen (secondary N) is 1. The molecule has 2 rings (SSSR count). The van der Waals surface area contributed by atoms with Crippen molar-refractivity contribution in [1.29, 1.82) is 0 Å². The summed E-state index contributed by atoms with van der Waals surface area (Å²) in [4.78, 5) is 14.3. The molecule has 104 valence electrons. The van der Waals surface area contributed by atoms with Gasteiger partial charge in [0.2, 0.25) is 5.91 Å². The van der Waals surface area contributed by atoms with E-state index >= 15 is 0 Å². The molecule has 1 amide bonds. The fourth-order valence-corrected chi connectivity index (χ4v) is 2.66. The highest BCUT2D eigenvalue weighted by Crippen LogP contribution is 2.29. The SMILES string of the molecule is COc1ccccc1N(C)C(=O)C1CCCNC1C. The standard InChI is InChI=1S/C15H22N2O2/c1-11-12(7-6-10-16-11)15(18)17(2)13-8-4-5-9-14(13)19-3/h4-5,8-9,11-12,16H,6-7,10H2,1-3H3. The van der Waals surface area contributed by atoms with Crippen LogP contribution in [-0.2, 0) is 4.79 Å². The third kappa shape index (κ3) is 2.89. The number of anilines is 1. The van der Waals surface area contributed by atoms with Crippen LogP contribution in [0.2, 0.25) is 0 Å². The number of nitrogens with zero attached hydrogens (tertiary/aromatic N) is 1. The lowest BCUT2D eigenvalue weighted by Gasteiger charge is -2.32. The van der Waals surface area contributed by atoms with Gasteiger partial charge in [0.05, 0.1) is 18.7 Å². The van der Waals surface area contributed by atoms with Crippen LogP contribution in [0.5, 0.6) is 5.75 Å². The largest absolute Gasteiger partial charge is 0.495 e. The summed E-state index contributed by atoms with van der Waals surface area (Å²) in [6.07, 6.45) is 2.01. The summed E-state index contributed by atoms with van der Waals surface area (Å²) < 4.78 is 5.32. The molecule has 4 heteroatoms. The number of piperidine rings is 1. The van der Waals surface area contributed by atoms with Crippen LogP contribution in [0.15, 0.2) is 24.3 Å². The van der Waals surface area contributed by atoms with Gasteiger partial charge in [0.15, 0.2) is 0 Å². The summed E-state index contributed by atoms with van der Waals surface area (Å²) >= 11 is 0. The first kappa shape index (κ1) is 13.9. The topological polar surface area (TPSA) is 41.6 Å². The number of carbonyl (C=O) groups excluding carboxylic acids is 1. The van der Waals surface area contributed by atoms with E-state index in [0.29, 0.717) is 0 Å². The number of carbonyl (C=O) groups is 1. The maximum Gasteiger partial charge on any atom is 0.231 e. The van der Waals surface area contributed by atoms with Crippen molar-refractivity contribution in [2.24, 2.45) is 5.92 Å². The maximum atomic E-state index is 12.6. The molecule has 19 heavy (non-hydrogen) atoms. The van der Waals surface area contributed by atoms with E-state index in [1.54, 1.807) is 12.0 Å². The Balaban J connectivity index is 2.18. The second kappa shape index (κ2) is 6.06. The van der Waals surface area contributed by atoms with Gasteiger partial charge in [-0.1, -0.05) is 12.1 Å². The van der Waals surface area contributed by atoms with Gasteiger partial charge in [0, 0.05) is 13.1 Å². The third-order valence-corrected chi connectivity index (χ3v) is 3.86. The second-order valence-corrected chi connectivity index (χ2v) is 5.06. The first-order valence-corrected chi connectivity index (χ1v) is 6.79. The summed E-state index contributed by atoms with van der Waals surface area (Å²) in [7, 11) is 3.45. The third-order valence-electron chi connectivity index (χ3n) is 3.86. The van der Waals surface area contributed by atoms with Crippen molar-refractivity contribution in [3.8, 4) is 5.75 Å². The highest BCUT2D eigenvalue weighted by atomic mass is 16.5. The second-order valence-electron chi connectivity index (χ2n) is 5.06. The van der Waals surface area contributed by atoms with Gasteiger partial charge in [-0.2, -0.15) is 0 Å². The normalized spacial score (nSPS) is 22.9. The van der Waals surface area contributed by atoms with E-state index in [4.69, 9.17) is 4.74 Å². The molecule has 0 aromatic heterocycles. The van der Waals surface area contributed by atoms with Crippen molar-refractivity contribution in [1.82, 2.24) is 5.32 Å². The van der Waals surface area contributed by atoms with Gasteiger partial charge in [0.1, 0.15) is 5.75 Å². The van der Waals surface area contributed by atoms with E-state index in [1.165, 1.54) is 0 Å². The van der Waals surface area contributed by atoms with Crippen LogP contribution in [0.25, 0.3) is 0 Å². The summed E-state index contributed by atoms with van der Waals surface area (Å²) in [6, 6.07) is 7.85. The van der Waals surface area contributed by atoms with Crippen molar-refractivity contribution in [2.75, 3.05) is 25.6 Å². The molecule has 0 saturated carbocycles. The molecule has 4 nitrogen and oxygen atoms in total. The molecular formula is C15H22N2O2. The maximum absolute atomic E-state index is 12.6. The Bertz CT molecular complexity index is 448. The van der Waals surface area contributed by atoms with Crippen molar-refractivity contribution >= 4 is 11.6 Å². The molecule has 1 heterocycles. The van der Waals surface area contributed by atoms with Crippen molar-refractivity contribution in [3.63, 3.8) is 0 Å². The molecular weight excluding hydrogens is 240 g/mol. The Morgan fingerprint density at radius 1 is 1.42 bits per heavy atom. The quantitative estimate of drug-likeness (QED) is 0.906. The number of hydrogen-bond donors (Lipinski definition) is 1. The number of methoxy groups -OCH3 is 1. The summed E-state index contributed by atoms with van der Waals surface area (Å²) in [6.45, 7) is 3.08. The minimum atomic E-state index is 0.0451. The highest BCUT2D eigenvalue weighted by Gasteiger charge is 2.30. The van der Waals surface area contributed by atoms with Crippen LogP contribution in [0, 0.1) is 5.92 Å². The fourth-order valence-electron chi connectivity index (χ4n) is 2.66. The van der Waals surface area contributed by atoms with Gasteiger partial charge >= 0.3 is 0 Å². The van der Waals surface area contributed by atoms with E-state index < -0.39 is 0 Å². The first-order chi connectivity index (χ1) is 9.15. The van der Waals surface area contributed by atoms with Crippen molar-refractivity contribution < 1.29 is 9.53 Å². The molecule has 0 radical (unpaired) electrons. The molecule has 1 N–H and O–H groups in total. The van der Waals surface area contributed by atoms with Crippen molar-refractivity contribution in [3.05, 3.63) is 24.3 Å². The molecule has 1 aliphatic rings. The van der Waals surface area contributed by atoms with Crippen LogP contribution in [0.1, 0.15) is 19.8 Å². The highest BCUT2D eigenvalue weighted by molar-refractivity contribution is 5.96. The van der Waals surface area contributed by atoms with E-state index in [0.717, 1.165) is 30.8 Å². The smallest absolute Gasteiger partial charge is 0.231 e. The van der Waals surface area contributed by atoms with Gasteiger partial charge in [-0.05, 0) is 38.4 Å². The van der Waals surface area contributed by atoms with Crippen LogP contribution in [0.4, 0.5) is 5.69 Å². The number of para-hydroxylation sites is 2. The van der Waals surface area contributed by atoms with Gasteiger partial charge in [-0.25, -0.2) is 0 Å². The minimum absolute atomic E-state index is 0.0451. The zero-order valence-electron chi connectivity index (χ0n) is 11.8. The predicted octanol–water partition coefficient (Wildman–Crippen LogP) is 2.05. The van der Waals surface area contributed by atoms with Crippen LogP contribution < -0.4 is 15.0 Å². The Morgan fingerprint density at radius 2 is 2.16 bits per heavy atom. The number of amides is 1. The molecule has 1 saturated heterocycles. The summed E-state index contributed by atoms with van der Waals surface area (Å²) in [5.74, 6) is 0.933. The Kier molecular flexibility index (Phi) is 4.43. The van der Waals surface area contributed by atoms with E-state index in [9.17, 15) is 4.79 Å². The lowest BCUT2D eigenvalue weighted by Crippen LogP contribution is -2.47. The number of ether oxygens (including phenoxy) is 1. The van der Waals surface area contributed by atoms with Gasteiger partial charge in [0.25, 0.3) is 0 Å². The van der Waals surface area contributed by atoms with Crippen LogP contribution in [0.3, 0.4) is 0 Å². The van der Waals surface area contributed by atoms with Crippen molar-refractivity contribution in [2.45, 2.75) is 25.8 Å². The Hall–Kier alpha value is -1.55. The number of hydrogen-bond acceptors (Lipinski definition) is 3. The average Bonchev–Trinajstić information content (AvgIpc) is 2.46. The molecule has 0 aliphatic carbocycles. The molecule has 0 bridgehead atoms. The zero-order valence-corrected chi connectivity index (χ0v) is 11.8. The number of benzene rings is 1. The van der Waals surface area contributed by atoms with Gasteiger partial charge in [-0.3, -0.25) is 4.79 Å². The summed E-state index contributed by atoms with van der Waals surface area (Å²) in [5, 5.41) is 3.37. The molecule has 2 unspecified atom stereocenters. The fraction of sp³-hybridized carbons (Fsp3) is 0.533. The monoisotopic (exact) mass is 262 g/mol. The van der Waals surface area contributed by atoms with Gasteiger partial charge < -0.3 is 15.0 Å². The molecule has 1 aromatic carbocycles. The predicted molar refractivity (Wildman–Crippen MR) is 76.6 cm³/mol. The average molecular weight is 262 g/mol. The molecule has 2 atom stereocenters. The zero-order chi connectivity index (χ0) is 13.8. The molecule has 1 aromatic rings. The van der Waals surface area contributed by atoms with Crippen LogP contribution in [-0.4, -0.2) is 32.7 Å². The van der Waals surface area contributed by atoms with E-state index in [2.05, 4.69) is 12.2 Å². The van der Waals surface area contributed by atoms with E-state index in [1.807, 2.05) is 31.3 Å². The minimum Gasteiger partial charge on any atom is -0.495 e. The summed E-state index contributed by atoms with van der Waals surface area (Å²) in [5.41, 5.74) is 0.827. The number of rotatable bonds is 3. The molecule has 1 aliphatic heterocycles. The lowest BCUT2D eigenvalue weighted by molar-refractivity contribution is -0.123. The Labute approximate surface area is 114 Å². The molecule has 0 spiro atoms. The van der Waals surface area contributed by atoms with E-state index in [-0.39, 0.29) is 17.9 Å².